The molecule has 2 aromatic rings. The highest BCUT2D eigenvalue weighted by atomic mass is 35.5. The van der Waals surface area contributed by atoms with Gasteiger partial charge >= 0.3 is 0 Å². The Kier molecular flexibility index (Phi) is 7.61. The van der Waals surface area contributed by atoms with Gasteiger partial charge in [-0.25, -0.2) is 13.4 Å². The van der Waals surface area contributed by atoms with E-state index in [4.69, 9.17) is 11.6 Å². The molecule has 10 heteroatoms. The molecule has 1 heterocycles. The number of aromatic nitrogens is 1. The lowest BCUT2D eigenvalue weighted by atomic mass is 9.93. The number of fused-ring (bicyclic) bond motifs is 1. The van der Waals surface area contributed by atoms with Crippen molar-refractivity contribution in [2.45, 2.75) is 43.5 Å². The molecule has 0 saturated carbocycles. The van der Waals surface area contributed by atoms with E-state index in [0.717, 1.165) is 25.0 Å². The molecule has 0 bridgehead atoms. The molecule has 6 nitrogen and oxygen atoms in total. The summed E-state index contributed by atoms with van der Waals surface area (Å²) in [6.07, 6.45) is 5.28. The van der Waals surface area contributed by atoms with Crippen LogP contribution in [0.4, 0.5) is 5.13 Å². The van der Waals surface area contributed by atoms with Crippen LogP contribution in [-0.4, -0.2) is 37.4 Å². The van der Waals surface area contributed by atoms with E-state index in [9.17, 15) is 13.2 Å². The van der Waals surface area contributed by atoms with Crippen molar-refractivity contribution < 1.29 is 13.2 Å². The molecule has 0 radical (unpaired) electrons. The van der Waals surface area contributed by atoms with E-state index in [-0.39, 0.29) is 4.90 Å². The predicted molar refractivity (Wildman–Crippen MR) is 120 cm³/mol. The van der Waals surface area contributed by atoms with Crippen molar-refractivity contribution in [2.24, 2.45) is 5.92 Å². The minimum Gasteiger partial charge on any atom is -0.301 e. The van der Waals surface area contributed by atoms with Gasteiger partial charge in [0, 0.05) is 9.90 Å². The fraction of sp³-hybridized carbons (Fsp3) is 0.474. The number of sulfonamides is 1. The van der Waals surface area contributed by atoms with Gasteiger partial charge in [0.15, 0.2) is 5.13 Å². The number of nitrogens with one attached hydrogen (secondary N) is 2. The summed E-state index contributed by atoms with van der Waals surface area (Å²) in [6, 6.07) is 4.97. The molecule has 0 spiro atoms. The zero-order valence-electron chi connectivity index (χ0n) is 16.3. The van der Waals surface area contributed by atoms with Crippen molar-refractivity contribution in [3.63, 3.8) is 0 Å². The van der Waals surface area contributed by atoms with E-state index in [1.165, 1.54) is 40.5 Å². The number of thiazole rings is 1. The van der Waals surface area contributed by atoms with Crippen LogP contribution in [0, 0.1) is 5.92 Å². The molecule has 1 aromatic carbocycles. The van der Waals surface area contributed by atoms with Crippen molar-refractivity contribution >= 4 is 55.8 Å². The van der Waals surface area contributed by atoms with E-state index in [2.05, 4.69) is 21.9 Å². The highest BCUT2D eigenvalue weighted by molar-refractivity contribution is 7.98. The van der Waals surface area contributed by atoms with E-state index < -0.39 is 22.0 Å². The molecular weight excluding hydrogens is 450 g/mol. The van der Waals surface area contributed by atoms with Crippen LogP contribution < -0.4 is 10.0 Å². The Morgan fingerprint density at radius 2 is 2.10 bits per heavy atom. The van der Waals surface area contributed by atoms with E-state index in [0.29, 0.717) is 28.2 Å². The molecule has 1 aromatic heterocycles. The number of anilines is 1. The number of hydrogen-bond acceptors (Lipinski definition) is 6. The third kappa shape index (κ3) is 5.95. The Balaban J connectivity index is 1.74. The fourth-order valence-electron chi connectivity index (χ4n) is 3.13. The highest BCUT2D eigenvalue weighted by Crippen LogP contribution is 2.32. The van der Waals surface area contributed by atoms with E-state index in [1.54, 1.807) is 11.8 Å². The molecule has 1 aliphatic rings. The second-order valence-corrected chi connectivity index (χ2v) is 11.4. The third-order valence-electron chi connectivity index (χ3n) is 4.76. The summed E-state index contributed by atoms with van der Waals surface area (Å²) in [5.41, 5.74) is 1.05. The summed E-state index contributed by atoms with van der Waals surface area (Å²) in [5, 5.41) is 3.80. The number of carbonyl (C=O) groups is 1. The molecule has 2 unspecified atom stereocenters. The molecule has 2 N–H and O–H groups in total. The van der Waals surface area contributed by atoms with Crippen LogP contribution in [0.2, 0.25) is 5.02 Å². The van der Waals surface area contributed by atoms with Crippen LogP contribution >= 0.6 is 34.7 Å². The summed E-state index contributed by atoms with van der Waals surface area (Å²) in [5.74, 6) is 0.871. The molecular formula is C19H24ClN3O3S3. The Labute approximate surface area is 184 Å². The van der Waals surface area contributed by atoms with Crippen LogP contribution in [0.3, 0.4) is 0 Å². The average molecular weight is 474 g/mol. The van der Waals surface area contributed by atoms with Gasteiger partial charge < -0.3 is 5.32 Å². The Bertz CT molecular complexity index is 961. The monoisotopic (exact) mass is 473 g/mol. The van der Waals surface area contributed by atoms with Gasteiger partial charge in [-0.05, 0) is 67.9 Å². The van der Waals surface area contributed by atoms with Crippen molar-refractivity contribution in [3.05, 3.63) is 39.9 Å². The maximum Gasteiger partial charge on any atom is 0.244 e. The molecule has 29 heavy (non-hydrogen) atoms. The fourth-order valence-corrected chi connectivity index (χ4v) is 6.14. The van der Waals surface area contributed by atoms with Crippen LogP contribution in [0.25, 0.3) is 0 Å². The van der Waals surface area contributed by atoms with E-state index >= 15 is 0 Å². The first-order valence-electron chi connectivity index (χ1n) is 9.34. The summed E-state index contributed by atoms with van der Waals surface area (Å²) >= 11 is 8.88. The number of thioether (sulfide) groups is 1. The number of halogens is 1. The number of nitrogens with zero attached hydrogens (tertiary/aromatic N) is 1. The van der Waals surface area contributed by atoms with Crippen LogP contribution in [0.5, 0.6) is 0 Å². The maximum atomic E-state index is 12.9. The van der Waals surface area contributed by atoms with Gasteiger partial charge in [-0.3, -0.25) is 4.79 Å². The molecule has 1 aliphatic carbocycles. The Hall–Kier alpha value is -1.13. The van der Waals surface area contributed by atoms with Crippen LogP contribution in [0.15, 0.2) is 29.2 Å². The quantitative estimate of drug-likeness (QED) is 0.605. The van der Waals surface area contributed by atoms with Crippen LogP contribution in [0.1, 0.15) is 30.3 Å². The van der Waals surface area contributed by atoms with Crippen molar-refractivity contribution in [3.8, 4) is 0 Å². The van der Waals surface area contributed by atoms with Gasteiger partial charge in [-0.15, -0.1) is 11.3 Å². The van der Waals surface area contributed by atoms with Crippen molar-refractivity contribution in [2.75, 3.05) is 17.3 Å². The first-order chi connectivity index (χ1) is 13.8. The van der Waals surface area contributed by atoms with Gasteiger partial charge in [-0.1, -0.05) is 18.5 Å². The molecule has 2 atom stereocenters. The predicted octanol–water partition coefficient (Wildman–Crippen LogP) is 3.96. The summed E-state index contributed by atoms with van der Waals surface area (Å²) < 4.78 is 28.0. The molecule has 0 saturated heterocycles. The van der Waals surface area contributed by atoms with Gasteiger partial charge in [0.25, 0.3) is 0 Å². The second kappa shape index (κ2) is 9.78. The van der Waals surface area contributed by atoms with Gasteiger partial charge in [-0.2, -0.15) is 16.5 Å². The average Bonchev–Trinajstić information content (AvgIpc) is 3.06. The lowest BCUT2D eigenvalue weighted by molar-refractivity contribution is -0.117. The maximum absolute atomic E-state index is 12.9. The molecule has 0 aliphatic heterocycles. The number of benzene rings is 1. The molecule has 3 rings (SSSR count). The lowest BCUT2D eigenvalue weighted by Gasteiger charge is -2.17. The zero-order valence-corrected chi connectivity index (χ0v) is 19.5. The van der Waals surface area contributed by atoms with Crippen molar-refractivity contribution in [1.29, 1.82) is 0 Å². The van der Waals surface area contributed by atoms with Gasteiger partial charge in [0.2, 0.25) is 15.9 Å². The second-order valence-electron chi connectivity index (χ2n) is 7.14. The van der Waals surface area contributed by atoms with Crippen molar-refractivity contribution in [1.82, 2.24) is 9.71 Å². The number of hydrogen-bond donors (Lipinski definition) is 2. The molecule has 0 fully saturated rings. The molecule has 158 valence electrons. The number of rotatable bonds is 8. The third-order valence-corrected chi connectivity index (χ3v) is 8.18. The number of amides is 1. The first kappa shape index (κ1) is 22.6. The van der Waals surface area contributed by atoms with Gasteiger partial charge in [0.05, 0.1) is 10.6 Å². The Morgan fingerprint density at radius 3 is 2.79 bits per heavy atom. The van der Waals surface area contributed by atoms with Gasteiger partial charge in [0.1, 0.15) is 6.04 Å². The first-order valence-corrected chi connectivity index (χ1v) is 13.4. The lowest BCUT2D eigenvalue weighted by Crippen LogP contribution is -2.44. The topological polar surface area (TPSA) is 88.2 Å². The Morgan fingerprint density at radius 1 is 1.38 bits per heavy atom. The SMILES string of the molecule is CSCCC(NS(=O)(=O)c1ccc(Cl)cc1)C(=O)Nc1nc2c(s1)CC(C)CC2. The minimum absolute atomic E-state index is 0.0718. The smallest absolute Gasteiger partial charge is 0.244 e. The summed E-state index contributed by atoms with van der Waals surface area (Å²) in [4.78, 5) is 18.7. The van der Waals surface area contributed by atoms with Crippen LogP contribution in [-0.2, 0) is 27.7 Å². The normalized spacial score (nSPS) is 17.6. The number of aryl methyl sites for hydroxylation is 1. The summed E-state index contributed by atoms with van der Waals surface area (Å²) in [7, 11) is -3.85. The number of carbonyl (C=O) groups excluding carboxylic acids is 1. The highest BCUT2D eigenvalue weighted by Gasteiger charge is 2.27. The standard InChI is InChI=1S/C19H24ClN3O3S3/c1-12-3-8-15-17(11-12)28-19(21-15)22-18(24)16(9-10-27-2)23-29(25,26)14-6-4-13(20)5-7-14/h4-7,12,16,23H,3,8-11H2,1-2H3,(H,21,22,24). The minimum atomic E-state index is -3.85. The zero-order chi connectivity index (χ0) is 21.0. The molecule has 1 amide bonds. The van der Waals surface area contributed by atoms with E-state index in [1.807, 2.05) is 6.26 Å². The summed E-state index contributed by atoms with van der Waals surface area (Å²) in [6.45, 7) is 2.21. The largest absolute Gasteiger partial charge is 0.301 e.